The van der Waals surface area contributed by atoms with E-state index in [-0.39, 0.29) is 11.0 Å². The van der Waals surface area contributed by atoms with Gasteiger partial charge in [-0.25, -0.2) is 0 Å². The van der Waals surface area contributed by atoms with Crippen LogP contribution in [0.5, 0.6) is 5.75 Å². The molecule has 0 saturated carbocycles. The summed E-state index contributed by atoms with van der Waals surface area (Å²) in [5.41, 5.74) is 3.35. The van der Waals surface area contributed by atoms with Crippen molar-refractivity contribution in [1.29, 1.82) is 0 Å². The van der Waals surface area contributed by atoms with Crippen LogP contribution in [0.1, 0.15) is 23.1 Å². The minimum atomic E-state index is -3.73. The van der Waals surface area contributed by atoms with E-state index in [1.165, 1.54) is 5.56 Å². The van der Waals surface area contributed by atoms with Crippen molar-refractivity contribution in [2.75, 3.05) is 7.11 Å². The molecule has 4 nitrogen and oxygen atoms in total. The molecule has 5 heteroatoms. The van der Waals surface area contributed by atoms with Crippen molar-refractivity contribution in [3.8, 4) is 5.75 Å². The zero-order valence-corrected chi connectivity index (χ0v) is 14.1. The van der Waals surface area contributed by atoms with Crippen LogP contribution in [0.15, 0.2) is 47.4 Å². The van der Waals surface area contributed by atoms with Gasteiger partial charge in [-0.3, -0.25) is 4.18 Å². The molecule has 2 aromatic rings. The average Bonchev–Trinajstić information content (AvgIpc) is 2.54. The SMILES string of the molecule is COc1ccc2c(c1)C[C@H](OS(=O)(=O)c1ccc(C)cc1)CC2. The van der Waals surface area contributed by atoms with Gasteiger partial charge in [-0.2, -0.15) is 8.42 Å². The summed E-state index contributed by atoms with van der Waals surface area (Å²) in [7, 11) is -2.10. The van der Waals surface area contributed by atoms with E-state index in [2.05, 4.69) is 0 Å². The average molecular weight is 332 g/mol. The van der Waals surface area contributed by atoms with Gasteiger partial charge < -0.3 is 4.74 Å². The third-order valence-electron chi connectivity index (χ3n) is 4.17. The largest absolute Gasteiger partial charge is 0.497 e. The lowest BCUT2D eigenvalue weighted by Crippen LogP contribution is -2.25. The highest BCUT2D eigenvalue weighted by Crippen LogP contribution is 2.28. The van der Waals surface area contributed by atoms with Crippen LogP contribution in [-0.2, 0) is 27.1 Å². The normalized spacial score (nSPS) is 17.6. The third-order valence-corrected chi connectivity index (χ3v) is 5.54. The van der Waals surface area contributed by atoms with Crippen LogP contribution in [0.2, 0.25) is 0 Å². The number of rotatable bonds is 4. The highest BCUT2D eigenvalue weighted by atomic mass is 32.2. The summed E-state index contributed by atoms with van der Waals surface area (Å²) in [6, 6.07) is 12.7. The topological polar surface area (TPSA) is 52.6 Å². The van der Waals surface area contributed by atoms with Gasteiger partial charge in [0.1, 0.15) is 5.75 Å². The lowest BCUT2D eigenvalue weighted by atomic mass is 9.90. The van der Waals surface area contributed by atoms with Crippen LogP contribution in [0, 0.1) is 6.92 Å². The fraction of sp³-hybridized carbons (Fsp3) is 0.333. The molecule has 122 valence electrons. The number of hydrogen-bond acceptors (Lipinski definition) is 4. The van der Waals surface area contributed by atoms with Crippen LogP contribution in [0.4, 0.5) is 0 Å². The molecule has 1 aliphatic rings. The van der Waals surface area contributed by atoms with E-state index in [0.717, 1.165) is 23.3 Å². The first-order chi connectivity index (χ1) is 11.0. The Bertz CT molecular complexity index is 794. The number of ether oxygens (including phenoxy) is 1. The standard InChI is InChI=1S/C18H20O4S/c1-13-3-9-18(10-4-13)23(19,20)22-17-8-6-14-5-7-16(21-2)11-15(14)12-17/h3-5,7,9-11,17H,6,8,12H2,1-2H3/t17-/m1/s1. The van der Waals surface area contributed by atoms with E-state index >= 15 is 0 Å². The van der Waals surface area contributed by atoms with Crippen LogP contribution >= 0.6 is 0 Å². The molecule has 0 fully saturated rings. The number of aryl methyl sites for hydroxylation is 2. The highest BCUT2D eigenvalue weighted by molar-refractivity contribution is 7.86. The van der Waals surface area contributed by atoms with Crippen molar-refractivity contribution in [3.63, 3.8) is 0 Å². The summed E-state index contributed by atoms with van der Waals surface area (Å²) in [6.45, 7) is 1.92. The number of methoxy groups -OCH3 is 1. The maximum Gasteiger partial charge on any atom is 0.297 e. The van der Waals surface area contributed by atoms with Crippen molar-refractivity contribution in [1.82, 2.24) is 0 Å². The zero-order chi connectivity index (χ0) is 16.4. The van der Waals surface area contributed by atoms with Crippen LogP contribution in [-0.4, -0.2) is 21.6 Å². The van der Waals surface area contributed by atoms with Crippen molar-refractivity contribution < 1.29 is 17.3 Å². The molecule has 0 radical (unpaired) electrons. The fourth-order valence-corrected chi connectivity index (χ4v) is 3.95. The van der Waals surface area contributed by atoms with Crippen molar-refractivity contribution >= 4 is 10.1 Å². The second-order valence-corrected chi connectivity index (χ2v) is 7.43. The Morgan fingerprint density at radius 1 is 1.04 bits per heavy atom. The molecule has 23 heavy (non-hydrogen) atoms. The Kier molecular flexibility index (Phi) is 4.41. The second kappa shape index (κ2) is 6.34. The quantitative estimate of drug-likeness (QED) is 0.807. The van der Waals surface area contributed by atoms with E-state index in [1.807, 2.05) is 25.1 Å². The monoisotopic (exact) mass is 332 g/mol. The van der Waals surface area contributed by atoms with Gasteiger partial charge in [0.05, 0.1) is 18.1 Å². The first-order valence-electron chi connectivity index (χ1n) is 7.64. The van der Waals surface area contributed by atoms with E-state index in [1.54, 1.807) is 31.4 Å². The van der Waals surface area contributed by atoms with Crippen molar-refractivity contribution in [2.45, 2.75) is 37.2 Å². The van der Waals surface area contributed by atoms with Crippen LogP contribution in [0.25, 0.3) is 0 Å². The van der Waals surface area contributed by atoms with E-state index < -0.39 is 10.1 Å². The van der Waals surface area contributed by atoms with Gasteiger partial charge in [-0.15, -0.1) is 0 Å². The third kappa shape index (κ3) is 3.57. The maximum absolute atomic E-state index is 12.4. The molecule has 1 aliphatic carbocycles. The van der Waals surface area contributed by atoms with Crippen molar-refractivity contribution in [3.05, 3.63) is 59.2 Å². The lowest BCUT2D eigenvalue weighted by Gasteiger charge is -2.24. The van der Waals surface area contributed by atoms with E-state index in [0.29, 0.717) is 12.8 Å². The Morgan fingerprint density at radius 3 is 2.48 bits per heavy atom. The van der Waals surface area contributed by atoms with Gasteiger partial charge in [0, 0.05) is 6.42 Å². The summed E-state index contributed by atoms with van der Waals surface area (Å²) in [4.78, 5) is 0.208. The Balaban J connectivity index is 1.77. The smallest absolute Gasteiger partial charge is 0.297 e. The molecule has 2 aromatic carbocycles. The molecule has 0 spiro atoms. The number of benzene rings is 2. The highest BCUT2D eigenvalue weighted by Gasteiger charge is 2.26. The lowest BCUT2D eigenvalue weighted by molar-refractivity contribution is 0.192. The van der Waals surface area contributed by atoms with Crippen molar-refractivity contribution in [2.24, 2.45) is 0 Å². The molecule has 0 heterocycles. The fourth-order valence-electron chi connectivity index (χ4n) is 2.85. The molecule has 0 unspecified atom stereocenters. The molecule has 0 N–H and O–H groups in total. The summed E-state index contributed by atoms with van der Waals surface area (Å²) in [5.74, 6) is 0.783. The minimum Gasteiger partial charge on any atom is -0.497 e. The predicted molar refractivity (Wildman–Crippen MR) is 88.3 cm³/mol. The summed E-state index contributed by atoms with van der Waals surface area (Å²) in [5, 5.41) is 0. The number of fused-ring (bicyclic) bond motifs is 1. The van der Waals surface area contributed by atoms with E-state index in [4.69, 9.17) is 8.92 Å². The predicted octanol–water partition coefficient (Wildman–Crippen LogP) is 3.27. The molecule has 0 bridgehead atoms. The Hall–Kier alpha value is -1.85. The summed E-state index contributed by atoms with van der Waals surface area (Å²) >= 11 is 0. The molecule has 0 aromatic heterocycles. The van der Waals surface area contributed by atoms with E-state index in [9.17, 15) is 8.42 Å². The molecular formula is C18H20O4S. The van der Waals surface area contributed by atoms with Gasteiger partial charge in [-0.05, 0) is 55.2 Å². The van der Waals surface area contributed by atoms with Crippen LogP contribution < -0.4 is 4.74 Å². The first kappa shape index (κ1) is 16.0. The maximum atomic E-state index is 12.4. The summed E-state index contributed by atoms with van der Waals surface area (Å²) in [6.07, 6.45) is 1.76. The van der Waals surface area contributed by atoms with Crippen LogP contribution in [0.3, 0.4) is 0 Å². The molecule has 3 rings (SSSR count). The molecule has 1 atom stereocenters. The Morgan fingerprint density at radius 2 is 1.78 bits per heavy atom. The number of hydrogen-bond donors (Lipinski definition) is 0. The van der Waals surface area contributed by atoms with Gasteiger partial charge in [-0.1, -0.05) is 23.8 Å². The van der Waals surface area contributed by atoms with Gasteiger partial charge in [0.2, 0.25) is 0 Å². The molecule has 0 amide bonds. The van der Waals surface area contributed by atoms with Gasteiger partial charge in [0.25, 0.3) is 10.1 Å². The van der Waals surface area contributed by atoms with Gasteiger partial charge in [0.15, 0.2) is 0 Å². The molecule has 0 aliphatic heterocycles. The molecule has 0 saturated heterocycles. The zero-order valence-electron chi connectivity index (χ0n) is 13.3. The second-order valence-electron chi connectivity index (χ2n) is 5.86. The summed E-state index contributed by atoms with van der Waals surface area (Å²) < 4.78 is 35.5. The molecular weight excluding hydrogens is 312 g/mol. The minimum absolute atomic E-state index is 0.208. The first-order valence-corrected chi connectivity index (χ1v) is 9.04. The van der Waals surface area contributed by atoms with Gasteiger partial charge >= 0.3 is 0 Å². The Labute approximate surface area is 137 Å².